The SMILES string of the molecule is Cc1cc(CNc2ccc(F)cc2[N+](=O)[O-])c(C)s1. The van der Waals surface area contributed by atoms with Crippen LogP contribution in [0.2, 0.25) is 0 Å². The minimum Gasteiger partial charge on any atom is -0.375 e. The summed E-state index contributed by atoms with van der Waals surface area (Å²) in [6, 6.07) is 5.57. The highest BCUT2D eigenvalue weighted by atomic mass is 32.1. The molecule has 1 heterocycles. The quantitative estimate of drug-likeness (QED) is 0.679. The Hall–Kier alpha value is -1.95. The Bertz CT molecular complexity index is 625. The van der Waals surface area contributed by atoms with E-state index in [1.165, 1.54) is 21.9 Å². The second-order valence-corrected chi connectivity index (χ2v) is 5.67. The minimum absolute atomic E-state index is 0.246. The van der Waals surface area contributed by atoms with Crippen molar-refractivity contribution in [1.29, 1.82) is 0 Å². The molecule has 1 aromatic heterocycles. The van der Waals surface area contributed by atoms with Crippen molar-refractivity contribution in [3.63, 3.8) is 0 Å². The van der Waals surface area contributed by atoms with E-state index in [1.807, 2.05) is 19.9 Å². The molecule has 0 bridgehead atoms. The van der Waals surface area contributed by atoms with Gasteiger partial charge in [-0.05, 0) is 37.6 Å². The van der Waals surface area contributed by atoms with E-state index in [4.69, 9.17) is 0 Å². The van der Waals surface area contributed by atoms with Crippen molar-refractivity contribution < 1.29 is 9.31 Å². The Morgan fingerprint density at radius 3 is 2.68 bits per heavy atom. The van der Waals surface area contributed by atoms with Gasteiger partial charge in [-0.2, -0.15) is 0 Å². The third kappa shape index (κ3) is 3.08. The number of anilines is 1. The first kappa shape index (κ1) is 13.5. The monoisotopic (exact) mass is 280 g/mol. The number of nitro benzene ring substituents is 1. The summed E-state index contributed by atoms with van der Waals surface area (Å²) in [5, 5.41) is 13.8. The topological polar surface area (TPSA) is 55.2 Å². The summed E-state index contributed by atoms with van der Waals surface area (Å²) in [5.74, 6) is -0.611. The van der Waals surface area contributed by atoms with Crippen LogP contribution >= 0.6 is 11.3 Å². The van der Waals surface area contributed by atoms with Crippen LogP contribution in [-0.4, -0.2) is 4.92 Å². The fourth-order valence-electron chi connectivity index (χ4n) is 1.85. The Labute approximate surface area is 114 Å². The highest BCUT2D eigenvalue weighted by molar-refractivity contribution is 7.12. The summed E-state index contributed by atoms with van der Waals surface area (Å²) >= 11 is 1.68. The Balaban J connectivity index is 2.20. The summed E-state index contributed by atoms with van der Waals surface area (Å²) in [6.45, 7) is 4.51. The number of halogens is 1. The summed E-state index contributed by atoms with van der Waals surface area (Å²) in [6.07, 6.45) is 0. The largest absolute Gasteiger partial charge is 0.375 e. The molecule has 1 aromatic carbocycles. The van der Waals surface area contributed by atoms with Crippen LogP contribution in [0.3, 0.4) is 0 Å². The molecule has 0 aliphatic heterocycles. The smallest absolute Gasteiger partial charge is 0.295 e. The molecule has 0 atom stereocenters. The minimum atomic E-state index is -0.611. The number of hydrogen-bond donors (Lipinski definition) is 1. The number of nitro groups is 1. The Morgan fingerprint density at radius 1 is 1.37 bits per heavy atom. The fraction of sp³-hybridized carbons (Fsp3) is 0.231. The molecular weight excluding hydrogens is 267 g/mol. The Kier molecular flexibility index (Phi) is 3.80. The zero-order valence-corrected chi connectivity index (χ0v) is 11.4. The van der Waals surface area contributed by atoms with Crippen LogP contribution in [0, 0.1) is 29.8 Å². The molecule has 0 aliphatic rings. The first-order valence-electron chi connectivity index (χ1n) is 5.71. The standard InChI is InChI=1S/C13H13FN2O2S/c1-8-5-10(9(2)19-8)7-15-12-4-3-11(14)6-13(12)16(17)18/h3-6,15H,7H2,1-2H3. The summed E-state index contributed by atoms with van der Waals surface area (Å²) < 4.78 is 13.0. The molecule has 4 nitrogen and oxygen atoms in total. The molecule has 0 unspecified atom stereocenters. The lowest BCUT2D eigenvalue weighted by Crippen LogP contribution is -2.03. The van der Waals surface area contributed by atoms with Crippen LogP contribution in [0.4, 0.5) is 15.8 Å². The van der Waals surface area contributed by atoms with Gasteiger partial charge >= 0.3 is 0 Å². The van der Waals surface area contributed by atoms with Gasteiger partial charge < -0.3 is 5.32 Å². The van der Waals surface area contributed by atoms with E-state index in [9.17, 15) is 14.5 Å². The molecule has 0 amide bonds. The highest BCUT2D eigenvalue weighted by Gasteiger charge is 2.15. The van der Waals surface area contributed by atoms with Crippen molar-refractivity contribution in [2.24, 2.45) is 0 Å². The van der Waals surface area contributed by atoms with Gasteiger partial charge in [-0.1, -0.05) is 0 Å². The number of rotatable bonds is 4. The molecule has 100 valence electrons. The van der Waals surface area contributed by atoms with Crippen LogP contribution in [0.25, 0.3) is 0 Å². The van der Waals surface area contributed by atoms with Crippen LogP contribution in [0.15, 0.2) is 24.3 Å². The molecular formula is C13H13FN2O2S. The lowest BCUT2D eigenvalue weighted by molar-refractivity contribution is -0.384. The van der Waals surface area contributed by atoms with Crippen molar-refractivity contribution in [3.8, 4) is 0 Å². The lowest BCUT2D eigenvalue weighted by Gasteiger charge is -2.06. The molecule has 1 N–H and O–H groups in total. The highest BCUT2D eigenvalue weighted by Crippen LogP contribution is 2.27. The second kappa shape index (κ2) is 5.36. The fourth-order valence-corrected chi connectivity index (χ4v) is 2.80. The van der Waals surface area contributed by atoms with E-state index in [0.29, 0.717) is 12.2 Å². The van der Waals surface area contributed by atoms with Gasteiger partial charge in [0.25, 0.3) is 5.69 Å². The van der Waals surface area contributed by atoms with Crippen LogP contribution in [0.1, 0.15) is 15.3 Å². The molecule has 0 spiro atoms. The number of nitrogens with zero attached hydrogens (tertiary/aromatic N) is 1. The van der Waals surface area contributed by atoms with Crippen LogP contribution in [0.5, 0.6) is 0 Å². The normalized spacial score (nSPS) is 10.5. The molecule has 0 fully saturated rings. The maximum atomic E-state index is 13.0. The summed E-state index contributed by atoms with van der Waals surface area (Å²) in [7, 11) is 0. The number of hydrogen-bond acceptors (Lipinski definition) is 4. The molecule has 0 aliphatic carbocycles. The van der Waals surface area contributed by atoms with Crippen LogP contribution in [-0.2, 0) is 6.54 Å². The van der Waals surface area contributed by atoms with E-state index in [1.54, 1.807) is 11.3 Å². The van der Waals surface area contributed by atoms with Crippen molar-refractivity contribution in [2.75, 3.05) is 5.32 Å². The molecule has 6 heteroatoms. The van der Waals surface area contributed by atoms with Crippen molar-refractivity contribution in [2.45, 2.75) is 20.4 Å². The third-order valence-corrected chi connectivity index (χ3v) is 3.78. The van der Waals surface area contributed by atoms with Gasteiger partial charge in [-0.15, -0.1) is 11.3 Å². The predicted octanol–water partition coefficient (Wildman–Crippen LogP) is 4.02. The third-order valence-electron chi connectivity index (χ3n) is 2.77. The molecule has 2 aromatic rings. The summed E-state index contributed by atoms with van der Waals surface area (Å²) in [5.41, 5.74) is 1.18. The van der Waals surface area contributed by atoms with Crippen molar-refractivity contribution in [3.05, 3.63) is 55.5 Å². The van der Waals surface area contributed by atoms with Gasteiger partial charge in [0, 0.05) is 16.3 Å². The summed E-state index contributed by atoms with van der Waals surface area (Å²) in [4.78, 5) is 12.6. The number of benzene rings is 1. The average molecular weight is 280 g/mol. The number of aryl methyl sites for hydroxylation is 2. The van der Waals surface area contributed by atoms with E-state index in [2.05, 4.69) is 5.32 Å². The predicted molar refractivity (Wildman–Crippen MR) is 74.2 cm³/mol. The zero-order valence-electron chi connectivity index (χ0n) is 10.6. The van der Waals surface area contributed by atoms with Gasteiger partial charge in [0.15, 0.2) is 0 Å². The van der Waals surface area contributed by atoms with Crippen molar-refractivity contribution in [1.82, 2.24) is 0 Å². The van der Waals surface area contributed by atoms with E-state index in [-0.39, 0.29) is 5.69 Å². The number of thiophene rings is 1. The second-order valence-electron chi connectivity index (χ2n) is 4.21. The average Bonchev–Trinajstić information content (AvgIpc) is 2.66. The van der Waals surface area contributed by atoms with Gasteiger partial charge in [0.05, 0.1) is 11.0 Å². The molecule has 2 rings (SSSR count). The van der Waals surface area contributed by atoms with E-state index in [0.717, 1.165) is 11.6 Å². The maximum absolute atomic E-state index is 13.0. The van der Waals surface area contributed by atoms with Crippen molar-refractivity contribution >= 4 is 22.7 Å². The van der Waals surface area contributed by atoms with Gasteiger partial charge in [-0.3, -0.25) is 10.1 Å². The molecule has 19 heavy (non-hydrogen) atoms. The zero-order chi connectivity index (χ0) is 14.0. The lowest BCUT2D eigenvalue weighted by atomic mass is 10.2. The first-order valence-corrected chi connectivity index (χ1v) is 6.52. The van der Waals surface area contributed by atoms with Gasteiger partial charge in [-0.25, -0.2) is 4.39 Å². The van der Waals surface area contributed by atoms with E-state index < -0.39 is 10.7 Å². The Morgan fingerprint density at radius 2 is 2.11 bits per heavy atom. The first-order chi connectivity index (χ1) is 8.97. The van der Waals surface area contributed by atoms with Gasteiger partial charge in [0.1, 0.15) is 11.5 Å². The maximum Gasteiger partial charge on any atom is 0.295 e. The molecule has 0 saturated carbocycles. The number of nitrogens with one attached hydrogen (secondary N) is 1. The van der Waals surface area contributed by atoms with Gasteiger partial charge in [0.2, 0.25) is 0 Å². The van der Waals surface area contributed by atoms with Crippen LogP contribution < -0.4 is 5.32 Å². The molecule has 0 saturated heterocycles. The molecule has 0 radical (unpaired) electrons. The van der Waals surface area contributed by atoms with E-state index >= 15 is 0 Å².